The molecular weight excluding hydrogens is 425 g/mol. The zero-order valence-electron chi connectivity index (χ0n) is 19.0. The van der Waals surface area contributed by atoms with Crippen LogP contribution in [-0.4, -0.2) is 61.5 Å². The van der Waals surface area contributed by atoms with Crippen molar-refractivity contribution in [3.63, 3.8) is 0 Å². The number of hydrogen-bond donors (Lipinski definition) is 1. The minimum atomic E-state index is -0.841. The van der Waals surface area contributed by atoms with Crippen molar-refractivity contribution in [1.29, 1.82) is 0 Å². The zero-order chi connectivity index (χ0) is 23.8. The van der Waals surface area contributed by atoms with Crippen LogP contribution in [0.3, 0.4) is 0 Å². The van der Waals surface area contributed by atoms with Crippen LogP contribution in [0.4, 0.5) is 10.1 Å². The normalized spacial score (nSPS) is 14.7. The first kappa shape index (κ1) is 24.2. The highest BCUT2D eigenvalue weighted by Gasteiger charge is 2.28. The van der Waals surface area contributed by atoms with Crippen molar-refractivity contribution in [1.82, 2.24) is 10.2 Å². The summed E-state index contributed by atoms with van der Waals surface area (Å²) < 4.78 is 19.2. The Hall–Kier alpha value is -3.42. The van der Waals surface area contributed by atoms with Crippen LogP contribution in [0.15, 0.2) is 54.6 Å². The molecule has 3 rings (SSSR count). The molecule has 7 nitrogen and oxygen atoms in total. The molecule has 1 aliphatic heterocycles. The van der Waals surface area contributed by atoms with Gasteiger partial charge in [0.2, 0.25) is 5.91 Å². The van der Waals surface area contributed by atoms with Crippen molar-refractivity contribution in [2.45, 2.75) is 26.3 Å². The lowest BCUT2D eigenvalue weighted by Crippen LogP contribution is -2.51. The molecule has 1 aliphatic rings. The molecular formula is C25H30FN3O4. The van der Waals surface area contributed by atoms with Crippen molar-refractivity contribution in [3.8, 4) is 0 Å². The van der Waals surface area contributed by atoms with Crippen LogP contribution in [0, 0.1) is 11.7 Å². The maximum atomic E-state index is 14.0. The number of benzene rings is 2. The molecule has 2 aromatic rings. The third kappa shape index (κ3) is 6.78. The fraction of sp³-hybridized carbons (Fsp3) is 0.400. The first-order valence-electron chi connectivity index (χ1n) is 11.1. The molecule has 0 aliphatic carbocycles. The summed E-state index contributed by atoms with van der Waals surface area (Å²) >= 11 is 0. The summed E-state index contributed by atoms with van der Waals surface area (Å²) in [4.78, 5) is 41.0. The molecule has 2 amide bonds. The molecule has 0 spiro atoms. The molecule has 0 saturated carbocycles. The second-order valence-corrected chi connectivity index (χ2v) is 8.38. The Balaban J connectivity index is 1.46. The molecule has 1 N–H and O–H groups in total. The average molecular weight is 456 g/mol. The van der Waals surface area contributed by atoms with E-state index in [1.165, 1.54) is 6.07 Å². The Morgan fingerprint density at radius 2 is 1.61 bits per heavy atom. The van der Waals surface area contributed by atoms with Crippen LogP contribution < -0.4 is 10.2 Å². The Bertz CT molecular complexity index is 959. The Labute approximate surface area is 193 Å². The van der Waals surface area contributed by atoms with Gasteiger partial charge < -0.3 is 19.9 Å². The van der Waals surface area contributed by atoms with Crippen molar-refractivity contribution in [2.75, 3.05) is 37.7 Å². The largest absolute Gasteiger partial charge is 0.454 e. The van der Waals surface area contributed by atoms with E-state index >= 15 is 0 Å². The van der Waals surface area contributed by atoms with E-state index in [0.717, 1.165) is 5.56 Å². The van der Waals surface area contributed by atoms with Crippen LogP contribution in [0.1, 0.15) is 19.4 Å². The van der Waals surface area contributed by atoms with Crippen LogP contribution in [0.25, 0.3) is 0 Å². The van der Waals surface area contributed by atoms with Crippen molar-refractivity contribution in [3.05, 3.63) is 66.0 Å². The minimum Gasteiger partial charge on any atom is -0.454 e. The van der Waals surface area contributed by atoms with Crippen LogP contribution in [0.2, 0.25) is 0 Å². The molecule has 0 bridgehead atoms. The van der Waals surface area contributed by atoms with Crippen molar-refractivity contribution < 1.29 is 23.5 Å². The quantitative estimate of drug-likeness (QED) is 0.619. The molecule has 33 heavy (non-hydrogen) atoms. The van der Waals surface area contributed by atoms with Crippen LogP contribution in [0.5, 0.6) is 0 Å². The number of para-hydroxylation sites is 1. The number of piperazine rings is 1. The molecule has 2 aromatic carbocycles. The number of esters is 1. The number of rotatable bonds is 8. The summed E-state index contributed by atoms with van der Waals surface area (Å²) in [5.74, 6) is -1.72. The number of carbonyl (C=O) groups is 3. The number of carbonyl (C=O) groups excluding carboxylic acids is 3. The highest BCUT2D eigenvalue weighted by atomic mass is 19.1. The third-order valence-electron chi connectivity index (χ3n) is 5.61. The summed E-state index contributed by atoms with van der Waals surface area (Å²) in [7, 11) is 0. The number of nitrogens with one attached hydrogen (secondary N) is 1. The number of anilines is 1. The number of halogens is 1. The van der Waals surface area contributed by atoms with Gasteiger partial charge in [0.25, 0.3) is 5.91 Å². The minimum absolute atomic E-state index is 0.155. The monoisotopic (exact) mass is 455 g/mol. The fourth-order valence-corrected chi connectivity index (χ4v) is 3.72. The molecule has 1 atom stereocenters. The van der Waals surface area contributed by atoms with E-state index < -0.39 is 18.6 Å². The van der Waals surface area contributed by atoms with E-state index in [4.69, 9.17) is 4.74 Å². The molecule has 0 radical (unpaired) electrons. The maximum Gasteiger partial charge on any atom is 0.329 e. The van der Waals surface area contributed by atoms with Gasteiger partial charge in [0.15, 0.2) is 6.61 Å². The molecule has 8 heteroatoms. The van der Waals surface area contributed by atoms with Crippen molar-refractivity contribution >= 4 is 23.5 Å². The predicted octanol–water partition coefficient (Wildman–Crippen LogP) is 2.40. The van der Waals surface area contributed by atoms with Gasteiger partial charge in [-0.2, -0.15) is 0 Å². The number of amides is 2. The van der Waals surface area contributed by atoms with E-state index in [1.54, 1.807) is 36.9 Å². The van der Waals surface area contributed by atoms with Gasteiger partial charge in [-0.3, -0.25) is 9.59 Å². The van der Waals surface area contributed by atoms with E-state index in [2.05, 4.69) is 5.32 Å². The lowest BCUT2D eigenvalue weighted by molar-refractivity contribution is -0.155. The molecule has 1 heterocycles. The maximum absolute atomic E-state index is 14.0. The highest BCUT2D eigenvalue weighted by molar-refractivity contribution is 5.87. The Kier molecular flexibility index (Phi) is 8.40. The molecule has 0 unspecified atom stereocenters. The summed E-state index contributed by atoms with van der Waals surface area (Å²) in [6.07, 6.45) is 0.155. The van der Waals surface area contributed by atoms with E-state index in [9.17, 15) is 18.8 Å². The summed E-state index contributed by atoms with van der Waals surface area (Å²) in [5.41, 5.74) is 1.36. The highest BCUT2D eigenvalue weighted by Crippen LogP contribution is 2.20. The molecule has 1 fully saturated rings. The van der Waals surface area contributed by atoms with E-state index in [0.29, 0.717) is 31.9 Å². The smallest absolute Gasteiger partial charge is 0.329 e. The number of nitrogens with zero attached hydrogens (tertiary/aromatic N) is 2. The first-order valence-corrected chi connectivity index (χ1v) is 11.1. The Morgan fingerprint density at radius 1 is 0.970 bits per heavy atom. The molecule has 176 valence electrons. The molecule has 0 aromatic heterocycles. The van der Waals surface area contributed by atoms with Gasteiger partial charge in [-0.15, -0.1) is 0 Å². The fourth-order valence-electron chi connectivity index (χ4n) is 3.72. The number of ether oxygens (including phenoxy) is 1. The zero-order valence-corrected chi connectivity index (χ0v) is 19.0. The Morgan fingerprint density at radius 3 is 2.24 bits per heavy atom. The van der Waals surface area contributed by atoms with E-state index in [1.807, 2.05) is 35.2 Å². The van der Waals surface area contributed by atoms with Gasteiger partial charge in [-0.05, 0) is 23.6 Å². The van der Waals surface area contributed by atoms with Crippen molar-refractivity contribution in [2.24, 2.45) is 5.92 Å². The van der Waals surface area contributed by atoms with Gasteiger partial charge in [-0.1, -0.05) is 56.3 Å². The van der Waals surface area contributed by atoms with Crippen LogP contribution >= 0.6 is 0 Å². The van der Waals surface area contributed by atoms with Gasteiger partial charge >= 0.3 is 5.97 Å². The lowest BCUT2D eigenvalue weighted by Gasteiger charge is -2.36. The standard InChI is InChI=1S/C25H30FN3O4/c1-18(2)24(27-22(30)16-19-8-4-3-5-9-19)25(32)33-17-23(31)29-14-12-28(13-15-29)21-11-7-6-10-20(21)26/h3-11,18,24H,12-17H2,1-2H3,(H,27,30)/t24-/m0/s1. The van der Waals surface area contributed by atoms with Gasteiger partial charge in [0.05, 0.1) is 12.1 Å². The second-order valence-electron chi connectivity index (χ2n) is 8.38. The topological polar surface area (TPSA) is 78.9 Å². The predicted molar refractivity (Wildman–Crippen MR) is 123 cm³/mol. The molecule has 1 saturated heterocycles. The van der Waals surface area contributed by atoms with Gasteiger partial charge in [0, 0.05) is 26.2 Å². The second kappa shape index (κ2) is 11.4. The first-order chi connectivity index (χ1) is 15.8. The number of hydrogen-bond acceptors (Lipinski definition) is 5. The van der Waals surface area contributed by atoms with E-state index in [-0.39, 0.29) is 30.0 Å². The SMILES string of the molecule is CC(C)[C@H](NC(=O)Cc1ccccc1)C(=O)OCC(=O)N1CCN(c2ccccc2F)CC1. The summed E-state index contributed by atoms with van der Waals surface area (Å²) in [6, 6.07) is 14.9. The average Bonchev–Trinajstić information content (AvgIpc) is 2.81. The summed E-state index contributed by atoms with van der Waals surface area (Å²) in [5, 5.41) is 2.72. The van der Waals surface area contributed by atoms with Gasteiger partial charge in [-0.25, -0.2) is 9.18 Å². The third-order valence-corrected chi connectivity index (χ3v) is 5.61. The van der Waals surface area contributed by atoms with Crippen LogP contribution in [-0.2, 0) is 25.5 Å². The van der Waals surface area contributed by atoms with Gasteiger partial charge in [0.1, 0.15) is 11.9 Å². The lowest BCUT2D eigenvalue weighted by atomic mass is 10.0. The summed E-state index contributed by atoms with van der Waals surface area (Å²) in [6.45, 7) is 5.01.